The fourth-order valence-electron chi connectivity index (χ4n) is 8.44. The number of hydrogen-bond acceptors (Lipinski definition) is 7. The van der Waals surface area contributed by atoms with Crippen molar-refractivity contribution in [2.45, 2.75) is 63.0 Å². The van der Waals surface area contributed by atoms with Gasteiger partial charge in [0, 0.05) is 76.2 Å². The van der Waals surface area contributed by atoms with Crippen molar-refractivity contribution in [1.29, 1.82) is 0 Å². The highest BCUT2D eigenvalue weighted by atomic mass is 35.5. The molecule has 50 heavy (non-hydrogen) atoms. The standard InChI is InChI=1S/C34H44ClF3N8O3S/c1-39-30-24(34(36,37)38)16-21(17-25(30)35)18-27(31(47)44-13-11-43(12-14-44)28-19-42-7-2-22(28)3-8-42)41-32(48)45-9-4-23(5-10-45)46-20-29-26(6-15-50-29)40-33(46)49/h6,15-17,22-23,27-28,39H,2-5,7-14,18-20H2,1H3,(H,40,49)(H,41,48)/t27-,28?/m1/s1. The van der Waals surface area contributed by atoms with Crippen molar-refractivity contribution in [2.24, 2.45) is 5.92 Å². The van der Waals surface area contributed by atoms with Gasteiger partial charge in [-0.3, -0.25) is 9.69 Å². The lowest BCUT2D eigenvalue weighted by atomic mass is 9.83. The summed E-state index contributed by atoms with van der Waals surface area (Å²) in [5.41, 5.74) is -0.119. The van der Waals surface area contributed by atoms with E-state index in [1.165, 1.54) is 26.0 Å². The quantitative estimate of drug-likeness (QED) is 0.377. The molecule has 6 aliphatic rings. The molecular formula is C34H44ClF3N8O3S. The van der Waals surface area contributed by atoms with Gasteiger partial charge in [-0.25, -0.2) is 9.59 Å². The first-order valence-electron chi connectivity index (χ1n) is 17.5. The first kappa shape index (κ1) is 35.1. The second-order valence-corrected chi connectivity index (χ2v) is 15.5. The van der Waals surface area contributed by atoms with E-state index in [2.05, 4.69) is 25.8 Å². The van der Waals surface area contributed by atoms with Crippen LogP contribution in [0, 0.1) is 5.92 Å². The molecule has 0 saturated carbocycles. The minimum atomic E-state index is -4.67. The lowest BCUT2D eigenvalue weighted by Gasteiger charge is -2.51. The maximum Gasteiger partial charge on any atom is 0.418 e. The van der Waals surface area contributed by atoms with E-state index >= 15 is 0 Å². The fraction of sp³-hybridized carbons (Fsp3) is 0.618. The average molecular weight is 737 g/mol. The SMILES string of the molecule is CNc1c(Cl)cc(C[C@@H](NC(=O)N2CCC(N3Cc4sccc4NC3=O)CC2)C(=O)N2CCN(C3CN4CCC3CC4)CC2)cc1C(F)(F)F. The lowest BCUT2D eigenvalue weighted by molar-refractivity contribution is -0.137. The molecule has 6 aliphatic heterocycles. The van der Waals surface area contributed by atoms with E-state index in [1.54, 1.807) is 21.1 Å². The second kappa shape index (κ2) is 14.4. The number of nitrogens with one attached hydrogen (secondary N) is 3. The molecule has 0 spiro atoms. The molecule has 8 rings (SSSR count). The van der Waals surface area contributed by atoms with E-state index < -0.39 is 23.8 Å². The molecule has 5 amide bonds. The van der Waals surface area contributed by atoms with E-state index in [4.69, 9.17) is 11.6 Å². The van der Waals surface area contributed by atoms with Crippen molar-refractivity contribution in [2.75, 3.05) is 76.6 Å². The molecule has 2 bridgehead atoms. The van der Waals surface area contributed by atoms with E-state index in [0.29, 0.717) is 70.6 Å². The van der Waals surface area contributed by atoms with Crippen LogP contribution in [0.15, 0.2) is 23.6 Å². The highest BCUT2D eigenvalue weighted by Crippen LogP contribution is 2.40. The zero-order chi connectivity index (χ0) is 35.2. The van der Waals surface area contributed by atoms with Crippen LogP contribution in [0.1, 0.15) is 41.7 Å². The molecule has 11 nitrogen and oxygen atoms in total. The van der Waals surface area contributed by atoms with Gasteiger partial charge in [0.15, 0.2) is 0 Å². The van der Waals surface area contributed by atoms with Gasteiger partial charge in [-0.2, -0.15) is 13.2 Å². The van der Waals surface area contributed by atoms with Crippen molar-refractivity contribution in [3.63, 3.8) is 0 Å². The third kappa shape index (κ3) is 7.24. The third-order valence-electron chi connectivity index (χ3n) is 11.2. The number of likely N-dealkylation sites (tertiary alicyclic amines) is 1. The van der Waals surface area contributed by atoms with Gasteiger partial charge in [0.2, 0.25) is 5.91 Å². The Balaban J connectivity index is 1.04. The maximum absolute atomic E-state index is 14.1. The molecule has 0 aliphatic carbocycles. The van der Waals surface area contributed by atoms with E-state index in [-0.39, 0.29) is 40.7 Å². The number of urea groups is 2. The van der Waals surface area contributed by atoms with Crippen molar-refractivity contribution < 1.29 is 27.6 Å². The molecule has 0 radical (unpaired) electrons. The average Bonchev–Trinajstić information content (AvgIpc) is 3.58. The molecule has 3 N–H and O–H groups in total. The van der Waals surface area contributed by atoms with Crippen LogP contribution in [0.3, 0.4) is 0 Å². The topological polar surface area (TPSA) is 103 Å². The molecule has 7 heterocycles. The Bertz CT molecular complexity index is 1590. The highest BCUT2D eigenvalue weighted by Gasteiger charge is 2.41. The second-order valence-electron chi connectivity index (χ2n) is 14.1. The van der Waals surface area contributed by atoms with Crippen molar-refractivity contribution >= 4 is 52.3 Å². The summed E-state index contributed by atoms with van der Waals surface area (Å²) in [5, 5.41) is 10.2. The first-order valence-corrected chi connectivity index (χ1v) is 18.8. The number of halogens is 4. The molecule has 2 aromatic rings. The molecule has 1 aromatic heterocycles. The van der Waals surface area contributed by atoms with Crippen molar-refractivity contribution in [1.82, 2.24) is 29.8 Å². The zero-order valence-electron chi connectivity index (χ0n) is 28.1. The van der Waals surface area contributed by atoms with Crippen LogP contribution in [0.4, 0.5) is 34.1 Å². The minimum Gasteiger partial charge on any atom is -0.386 e. The fourth-order valence-corrected chi connectivity index (χ4v) is 9.60. The number of alkyl halides is 3. The van der Waals surface area contributed by atoms with Crippen LogP contribution in [0.2, 0.25) is 5.02 Å². The normalized spacial score (nSPS) is 25.3. The number of benzene rings is 1. The van der Waals surface area contributed by atoms with Crippen LogP contribution in [-0.4, -0.2) is 127 Å². The van der Waals surface area contributed by atoms with Crippen molar-refractivity contribution in [3.05, 3.63) is 44.6 Å². The molecule has 5 saturated heterocycles. The van der Waals surface area contributed by atoms with Crippen LogP contribution in [0.25, 0.3) is 0 Å². The maximum atomic E-state index is 14.1. The van der Waals surface area contributed by atoms with Crippen LogP contribution in [0.5, 0.6) is 0 Å². The van der Waals surface area contributed by atoms with Gasteiger partial charge in [-0.05, 0) is 73.8 Å². The molecule has 2 atom stereocenters. The smallest absolute Gasteiger partial charge is 0.386 e. The number of carbonyl (C=O) groups is 3. The number of thiophene rings is 1. The molecular weight excluding hydrogens is 693 g/mol. The number of anilines is 2. The van der Waals surface area contributed by atoms with E-state index in [0.717, 1.165) is 36.3 Å². The van der Waals surface area contributed by atoms with Gasteiger partial charge < -0.3 is 35.6 Å². The number of piperidine rings is 4. The summed E-state index contributed by atoms with van der Waals surface area (Å²) in [7, 11) is 1.37. The van der Waals surface area contributed by atoms with Crippen LogP contribution in [-0.2, 0) is 23.9 Å². The van der Waals surface area contributed by atoms with Crippen LogP contribution < -0.4 is 16.0 Å². The molecule has 272 valence electrons. The Kier molecular flexibility index (Phi) is 10.1. The van der Waals surface area contributed by atoms with E-state index in [9.17, 15) is 27.6 Å². The minimum absolute atomic E-state index is 0.0483. The number of carbonyl (C=O) groups excluding carboxylic acids is 3. The number of rotatable bonds is 7. The van der Waals surface area contributed by atoms with E-state index in [1.807, 2.05) is 16.3 Å². The highest BCUT2D eigenvalue weighted by molar-refractivity contribution is 7.10. The summed E-state index contributed by atoms with van der Waals surface area (Å²) in [6.45, 7) is 7.02. The summed E-state index contributed by atoms with van der Waals surface area (Å²) >= 11 is 7.90. The third-order valence-corrected chi connectivity index (χ3v) is 12.4. The lowest BCUT2D eigenvalue weighted by Crippen LogP contribution is -2.63. The molecule has 1 aromatic carbocycles. The Labute approximate surface area is 299 Å². The van der Waals surface area contributed by atoms with Gasteiger partial charge in [0.05, 0.1) is 28.5 Å². The predicted octanol–water partition coefficient (Wildman–Crippen LogP) is 4.83. The summed E-state index contributed by atoms with van der Waals surface area (Å²) in [6, 6.07) is 3.05. The number of hydrogen-bond donors (Lipinski definition) is 3. The Morgan fingerprint density at radius 2 is 1.74 bits per heavy atom. The van der Waals surface area contributed by atoms with Gasteiger partial charge in [-0.1, -0.05) is 11.6 Å². The Morgan fingerprint density at radius 3 is 2.38 bits per heavy atom. The first-order chi connectivity index (χ1) is 24.0. The number of fused-ring (bicyclic) bond motifs is 4. The summed E-state index contributed by atoms with van der Waals surface area (Å²) < 4.78 is 42.1. The van der Waals surface area contributed by atoms with Gasteiger partial charge in [0.1, 0.15) is 6.04 Å². The summed E-state index contributed by atoms with van der Waals surface area (Å²) in [6.07, 6.45) is -1.29. The predicted molar refractivity (Wildman–Crippen MR) is 187 cm³/mol. The van der Waals surface area contributed by atoms with Gasteiger partial charge >= 0.3 is 18.2 Å². The summed E-state index contributed by atoms with van der Waals surface area (Å²) in [4.78, 5) is 51.9. The number of piperazine rings is 1. The molecule has 1 unspecified atom stereocenters. The Hall–Kier alpha value is -3.27. The molecule has 5 fully saturated rings. The largest absolute Gasteiger partial charge is 0.418 e. The Morgan fingerprint density at radius 1 is 1.02 bits per heavy atom. The number of amides is 5. The summed E-state index contributed by atoms with van der Waals surface area (Å²) in [5.74, 6) is 0.352. The van der Waals surface area contributed by atoms with Crippen LogP contribution >= 0.6 is 22.9 Å². The number of nitrogens with zero attached hydrogens (tertiary/aromatic N) is 5. The molecule has 16 heteroatoms. The zero-order valence-corrected chi connectivity index (χ0v) is 29.7. The van der Waals surface area contributed by atoms with Gasteiger partial charge in [-0.15, -0.1) is 11.3 Å². The monoisotopic (exact) mass is 736 g/mol. The van der Waals surface area contributed by atoms with Crippen molar-refractivity contribution in [3.8, 4) is 0 Å². The van der Waals surface area contributed by atoms with Gasteiger partial charge in [0.25, 0.3) is 0 Å².